The van der Waals surface area contributed by atoms with Crippen molar-refractivity contribution in [1.29, 1.82) is 0 Å². The molecule has 0 aromatic carbocycles. The molecule has 2 nitrogen and oxygen atoms in total. The van der Waals surface area contributed by atoms with Crippen molar-refractivity contribution in [2.45, 2.75) is 84.7 Å². The summed E-state index contributed by atoms with van der Waals surface area (Å²) in [6, 6.07) is 0. The lowest BCUT2D eigenvalue weighted by molar-refractivity contribution is -0.116. The summed E-state index contributed by atoms with van der Waals surface area (Å²) in [4.78, 5) is 11.4. The highest BCUT2D eigenvalue weighted by atomic mass is 16.3. The number of hydrogen-bond donors (Lipinski definition) is 1. The van der Waals surface area contributed by atoms with Crippen LogP contribution in [-0.2, 0) is 4.79 Å². The number of aldehydes is 1. The van der Waals surface area contributed by atoms with E-state index in [1.54, 1.807) is 0 Å². The van der Waals surface area contributed by atoms with E-state index in [0.717, 1.165) is 25.2 Å². The van der Waals surface area contributed by atoms with Gasteiger partial charge in [0.1, 0.15) is 6.29 Å². The summed E-state index contributed by atoms with van der Waals surface area (Å²) in [6.07, 6.45) is 10.7. The molecule has 0 radical (unpaired) electrons. The molecule has 0 spiro atoms. The van der Waals surface area contributed by atoms with Gasteiger partial charge in [-0.3, -0.25) is 0 Å². The van der Waals surface area contributed by atoms with Crippen LogP contribution in [0.2, 0.25) is 0 Å². The van der Waals surface area contributed by atoms with Crippen LogP contribution in [-0.4, -0.2) is 17.0 Å². The maximum absolute atomic E-state index is 11.4. The highest BCUT2D eigenvalue weighted by Gasteiger charge is 2.52. The smallest absolute Gasteiger partial charge is 0.123 e. The molecule has 0 aromatic heterocycles. The standard InChI is InChI=1S/C19H34O2/c1-14(7-5-11-18(2,3)21)16-9-10-17-15(13-20)8-6-12-19(16,17)4/h13-17,21H,5-12H2,1-4H3/t14-,15?,16-,17+,19-/m1/s1. The molecule has 5 atom stereocenters. The molecule has 0 bridgehead atoms. The fourth-order valence-electron chi connectivity index (χ4n) is 5.44. The minimum atomic E-state index is -0.532. The first-order valence-corrected chi connectivity index (χ1v) is 8.95. The molecule has 1 unspecified atom stereocenters. The number of hydrogen-bond acceptors (Lipinski definition) is 2. The molecular weight excluding hydrogens is 260 g/mol. The van der Waals surface area contributed by atoms with Crippen LogP contribution in [0, 0.1) is 29.1 Å². The first kappa shape index (κ1) is 17.0. The lowest BCUT2D eigenvalue weighted by atomic mass is 9.59. The van der Waals surface area contributed by atoms with Crippen LogP contribution in [0.1, 0.15) is 79.1 Å². The van der Waals surface area contributed by atoms with Crippen LogP contribution in [0.3, 0.4) is 0 Å². The summed E-state index contributed by atoms with van der Waals surface area (Å²) >= 11 is 0. The zero-order valence-corrected chi connectivity index (χ0v) is 14.4. The Kier molecular flexibility index (Phi) is 5.18. The molecule has 0 saturated heterocycles. The summed E-state index contributed by atoms with van der Waals surface area (Å²) < 4.78 is 0. The Bertz CT molecular complexity index is 357. The van der Waals surface area contributed by atoms with Crippen molar-refractivity contribution < 1.29 is 9.90 Å². The largest absolute Gasteiger partial charge is 0.390 e. The van der Waals surface area contributed by atoms with E-state index >= 15 is 0 Å². The van der Waals surface area contributed by atoms with Gasteiger partial charge in [0.2, 0.25) is 0 Å². The number of aliphatic hydroxyl groups is 1. The maximum atomic E-state index is 11.4. The van der Waals surface area contributed by atoms with Crippen LogP contribution in [0.5, 0.6) is 0 Å². The zero-order chi connectivity index (χ0) is 15.7. The summed E-state index contributed by atoms with van der Waals surface area (Å²) in [7, 11) is 0. The molecule has 0 aliphatic heterocycles. The minimum absolute atomic E-state index is 0.317. The maximum Gasteiger partial charge on any atom is 0.123 e. The second kappa shape index (κ2) is 6.40. The van der Waals surface area contributed by atoms with E-state index in [9.17, 15) is 9.90 Å². The number of carbonyl (C=O) groups is 1. The SMILES string of the molecule is C[C@H](CCCC(C)(C)O)[C@H]1CC[C@H]2C(C=O)CCC[C@]12C. The Morgan fingerprint density at radius 3 is 2.67 bits per heavy atom. The van der Waals surface area contributed by atoms with E-state index in [1.807, 2.05) is 13.8 Å². The monoisotopic (exact) mass is 294 g/mol. The topological polar surface area (TPSA) is 37.3 Å². The van der Waals surface area contributed by atoms with E-state index in [0.29, 0.717) is 23.2 Å². The molecule has 2 aliphatic rings. The molecule has 2 saturated carbocycles. The highest BCUT2D eigenvalue weighted by Crippen LogP contribution is 2.59. The Labute approximate surface area is 130 Å². The van der Waals surface area contributed by atoms with Gasteiger partial charge in [-0.25, -0.2) is 0 Å². The van der Waals surface area contributed by atoms with Gasteiger partial charge in [0.05, 0.1) is 5.60 Å². The zero-order valence-electron chi connectivity index (χ0n) is 14.4. The first-order chi connectivity index (χ1) is 9.78. The second-order valence-electron chi connectivity index (χ2n) is 8.67. The van der Waals surface area contributed by atoms with Crippen molar-refractivity contribution in [2.24, 2.45) is 29.1 Å². The van der Waals surface area contributed by atoms with Gasteiger partial charge in [0, 0.05) is 5.92 Å². The molecule has 0 amide bonds. The predicted molar refractivity (Wildman–Crippen MR) is 87.0 cm³/mol. The average Bonchev–Trinajstić information content (AvgIpc) is 2.73. The number of fused-ring (bicyclic) bond motifs is 1. The van der Waals surface area contributed by atoms with Gasteiger partial charge in [-0.05, 0) is 69.1 Å². The Morgan fingerprint density at radius 2 is 2.05 bits per heavy atom. The van der Waals surface area contributed by atoms with Crippen molar-refractivity contribution >= 4 is 6.29 Å². The van der Waals surface area contributed by atoms with E-state index in [1.165, 1.54) is 38.4 Å². The molecule has 0 heterocycles. The van der Waals surface area contributed by atoms with Crippen molar-refractivity contribution in [3.63, 3.8) is 0 Å². The molecule has 2 rings (SSSR count). The van der Waals surface area contributed by atoms with E-state index < -0.39 is 5.60 Å². The van der Waals surface area contributed by atoms with Crippen LogP contribution in [0.25, 0.3) is 0 Å². The molecule has 0 aromatic rings. The van der Waals surface area contributed by atoms with Gasteiger partial charge >= 0.3 is 0 Å². The molecular formula is C19H34O2. The van der Waals surface area contributed by atoms with Crippen molar-refractivity contribution in [1.82, 2.24) is 0 Å². The summed E-state index contributed by atoms with van der Waals surface area (Å²) in [5, 5.41) is 9.86. The van der Waals surface area contributed by atoms with Gasteiger partial charge in [-0.15, -0.1) is 0 Å². The van der Waals surface area contributed by atoms with Crippen LogP contribution >= 0.6 is 0 Å². The minimum Gasteiger partial charge on any atom is -0.390 e. The van der Waals surface area contributed by atoms with Gasteiger partial charge in [0.15, 0.2) is 0 Å². The van der Waals surface area contributed by atoms with Crippen molar-refractivity contribution in [3.05, 3.63) is 0 Å². The summed E-state index contributed by atoms with van der Waals surface area (Å²) in [6.45, 7) is 8.66. The van der Waals surface area contributed by atoms with Gasteiger partial charge in [-0.1, -0.05) is 33.1 Å². The average molecular weight is 294 g/mol. The Balaban J connectivity index is 1.95. The van der Waals surface area contributed by atoms with Crippen molar-refractivity contribution in [3.8, 4) is 0 Å². The van der Waals surface area contributed by atoms with Crippen LogP contribution in [0.15, 0.2) is 0 Å². The van der Waals surface area contributed by atoms with E-state index in [-0.39, 0.29) is 0 Å². The molecule has 2 fully saturated rings. The fraction of sp³-hybridized carbons (Fsp3) is 0.947. The van der Waals surface area contributed by atoms with Crippen LogP contribution < -0.4 is 0 Å². The predicted octanol–water partition coefficient (Wildman–Crippen LogP) is 4.60. The number of carbonyl (C=O) groups excluding carboxylic acids is 1. The fourth-order valence-corrected chi connectivity index (χ4v) is 5.44. The third-order valence-electron chi connectivity index (χ3n) is 6.56. The van der Waals surface area contributed by atoms with E-state index in [2.05, 4.69) is 13.8 Å². The number of rotatable bonds is 6. The van der Waals surface area contributed by atoms with Crippen LogP contribution in [0.4, 0.5) is 0 Å². The third-order valence-corrected chi connectivity index (χ3v) is 6.56. The Morgan fingerprint density at radius 1 is 1.33 bits per heavy atom. The molecule has 2 heteroatoms. The molecule has 122 valence electrons. The lowest BCUT2D eigenvalue weighted by Gasteiger charge is -2.45. The van der Waals surface area contributed by atoms with Gasteiger partial charge in [-0.2, -0.15) is 0 Å². The summed E-state index contributed by atoms with van der Waals surface area (Å²) in [5.74, 6) is 2.43. The summed E-state index contributed by atoms with van der Waals surface area (Å²) in [5.41, 5.74) is -0.146. The lowest BCUT2D eigenvalue weighted by Crippen LogP contribution is -2.39. The van der Waals surface area contributed by atoms with Gasteiger partial charge in [0.25, 0.3) is 0 Å². The van der Waals surface area contributed by atoms with E-state index in [4.69, 9.17) is 0 Å². The highest BCUT2D eigenvalue weighted by molar-refractivity contribution is 5.54. The second-order valence-corrected chi connectivity index (χ2v) is 8.67. The first-order valence-electron chi connectivity index (χ1n) is 8.95. The molecule has 21 heavy (non-hydrogen) atoms. The normalized spacial score (nSPS) is 38.0. The molecule has 1 N–H and O–H groups in total. The van der Waals surface area contributed by atoms with Gasteiger partial charge < -0.3 is 9.90 Å². The third kappa shape index (κ3) is 3.70. The van der Waals surface area contributed by atoms with Crippen molar-refractivity contribution in [2.75, 3.05) is 0 Å². The quantitative estimate of drug-likeness (QED) is 0.727. The molecule has 2 aliphatic carbocycles. The Hall–Kier alpha value is -0.370.